The molecule has 0 aliphatic carbocycles. The van der Waals surface area contributed by atoms with Gasteiger partial charge in [0.25, 0.3) is 0 Å². The quantitative estimate of drug-likeness (QED) is 0.653. The van der Waals surface area contributed by atoms with Gasteiger partial charge in [-0.15, -0.1) is 0 Å². The average Bonchev–Trinajstić information content (AvgIpc) is 2.49. The molecule has 0 aliphatic heterocycles. The third-order valence-electron chi connectivity index (χ3n) is 2.92. The summed E-state index contributed by atoms with van der Waals surface area (Å²) in [7, 11) is 1.49. The van der Waals surface area contributed by atoms with E-state index < -0.39 is 0 Å². The van der Waals surface area contributed by atoms with Crippen LogP contribution in [0.15, 0.2) is 47.5 Å². The van der Waals surface area contributed by atoms with Gasteiger partial charge < -0.3 is 14.9 Å². The topological polar surface area (TPSA) is 79.1 Å². The molecule has 0 radical (unpaired) electrons. The minimum atomic E-state index is -0.307. The molecule has 21 heavy (non-hydrogen) atoms. The van der Waals surface area contributed by atoms with E-state index in [1.165, 1.54) is 31.5 Å². The molecular weight excluding hydrogens is 270 g/mol. The van der Waals surface area contributed by atoms with Crippen LogP contribution in [0.4, 0.5) is 0 Å². The predicted octanol–water partition coefficient (Wildman–Crippen LogP) is 2.41. The lowest BCUT2D eigenvalue weighted by Crippen LogP contribution is -2.04. The number of benzene rings is 2. The van der Waals surface area contributed by atoms with Crippen molar-refractivity contribution in [3.63, 3.8) is 0 Å². The van der Waals surface area contributed by atoms with Crippen molar-refractivity contribution >= 4 is 12.0 Å². The summed E-state index contributed by atoms with van der Waals surface area (Å²) in [5, 5.41) is 19.3. The number of phenols is 2. The van der Waals surface area contributed by atoms with E-state index in [2.05, 4.69) is 4.99 Å². The molecule has 0 bridgehead atoms. The minimum Gasteiger partial charge on any atom is -0.507 e. The number of aromatic hydroxyl groups is 2. The van der Waals surface area contributed by atoms with Gasteiger partial charge in [0.2, 0.25) is 0 Å². The number of methoxy groups -OCH3 is 1. The molecular formula is C16H15NO4. The highest BCUT2D eigenvalue weighted by atomic mass is 16.5. The van der Waals surface area contributed by atoms with Crippen LogP contribution >= 0.6 is 0 Å². The van der Waals surface area contributed by atoms with Crippen LogP contribution in [0.5, 0.6) is 17.2 Å². The summed E-state index contributed by atoms with van der Waals surface area (Å²) in [6.07, 6.45) is 1.38. The van der Waals surface area contributed by atoms with E-state index in [0.717, 1.165) is 0 Å². The Labute approximate surface area is 122 Å². The molecule has 0 saturated heterocycles. The molecule has 0 fully saturated rings. The van der Waals surface area contributed by atoms with Gasteiger partial charge in [-0.05, 0) is 24.3 Å². The molecule has 0 atom stereocenters. The van der Waals surface area contributed by atoms with Crippen molar-refractivity contribution in [1.82, 2.24) is 0 Å². The summed E-state index contributed by atoms with van der Waals surface area (Å²) in [5.41, 5.74) is 0.629. The third kappa shape index (κ3) is 3.39. The van der Waals surface area contributed by atoms with E-state index >= 15 is 0 Å². The Morgan fingerprint density at radius 1 is 1.14 bits per heavy atom. The van der Waals surface area contributed by atoms with Gasteiger partial charge in [-0.3, -0.25) is 9.79 Å². The number of para-hydroxylation sites is 1. The lowest BCUT2D eigenvalue weighted by molar-refractivity contribution is 0.0999. The molecule has 2 aromatic carbocycles. The fraction of sp³-hybridized carbons (Fsp3) is 0.125. The van der Waals surface area contributed by atoms with Crippen LogP contribution in [0.2, 0.25) is 0 Å². The standard InChI is InChI=1S/C16H15NO4/c1-21-16-8-4-7-14(19)12(16)9-17-10-15(20)11-5-2-3-6-13(11)18/h2-9,18-19H,10H2,1H3. The molecule has 2 aromatic rings. The highest BCUT2D eigenvalue weighted by Crippen LogP contribution is 2.25. The number of Topliss-reactive ketones (excluding diaryl/α,β-unsaturated/α-hetero) is 1. The number of hydrogen-bond acceptors (Lipinski definition) is 5. The first-order chi connectivity index (χ1) is 10.1. The molecule has 0 aromatic heterocycles. The maximum atomic E-state index is 11.9. The summed E-state index contributed by atoms with van der Waals surface area (Å²) in [6, 6.07) is 11.1. The minimum absolute atomic E-state index is 0.0214. The fourth-order valence-electron chi connectivity index (χ4n) is 1.85. The summed E-state index contributed by atoms with van der Waals surface area (Å²) in [6.45, 7) is -0.130. The highest BCUT2D eigenvalue weighted by Gasteiger charge is 2.10. The Balaban J connectivity index is 2.13. The van der Waals surface area contributed by atoms with Gasteiger partial charge in [0.1, 0.15) is 23.8 Å². The predicted molar refractivity (Wildman–Crippen MR) is 79.6 cm³/mol. The smallest absolute Gasteiger partial charge is 0.187 e. The maximum absolute atomic E-state index is 11.9. The van der Waals surface area contributed by atoms with Crippen LogP contribution in [0.1, 0.15) is 15.9 Å². The number of aliphatic imine (C=N–C) groups is 1. The fourth-order valence-corrected chi connectivity index (χ4v) is 1.85. The van der Waals surface area contributed by atoms with Gasteiger partial charge in [0.05, 0.1) is 18.2 Å². The van der Waals surface area contributed by atoms with Crippen LogP contribution in [0.3, 0.4) is 0 Å². The number of hydrogen-bond donors (Lipinski definition) is 2. The largest absolute Gasteiger partial charge is 0.507 e. The van der Waals surface area contributed by atoms with E-state index in [9.17, 15) is 15.0 Å². The monoisotopic (exact) mass is 285 g/mol. The molecule has 5 heteroatoms. The van der Waals surface area contributed by atoms with Crippen molar-refractivity contribution in [1.29, 1.82) is 0 Å². The summed E-state index contributed by atoms with van der Waals surface area (Å²) in [5.74, 6) is 0.110. The molecule has 0 saturated carbocycles. The Bertz CT molecular complexity index is 680. The van der Waals surface area contributed by atoms with Gasteiger partial charge in [-0.25, -0.2) is 0 Å². The molecule has 0 spiro atoms. The number of ether oxygens (including phenoxy) is 1. The lowest BCUT2D eigenvalue weighted by atomic mass is 10.1. The van der Waals surface area contributed by atoms with Crippen LogP contribution in [0, 0.1) is 0 Å². The van der Waals surface area contributed by atoms with Crippen molar-refractivity contribution in [2.45, 2.75) is 0 Å². The number of carbonyl (C=O) groups is 1. The van der Waals surface area contributed by atoms with E-state index in [-0.39, 0.29) is 29.4 Å². The van der Waals surface area contributed by atoms with Crippen LogP contribution in [-0.4, -0.2) is 35.9 Å². The average molecular weight is 285 g/mol. The van der Waals surface area contributed by atoms with Crippen LogP contribution in [0.25, 0.3) is 0 Å². The summed E-state index contributed by atoms with van der Waals surface area (Å²) >= 11 is 0. The first-order valence-corrected chi connectivity index (χ1v) is 6.30. The van der Waals surface area contributed by atoms with E-state index in [0.29, 0.717) is 11.3 Å². The number of ketones is 1. The summed E-state index contributed by atoms with van der Waals surface area (Å²) in [4.78, 5) is 15.9. The van der Waals surface area contributed by atoms with Gasteiger partial charge in [-0.2, -0.15) is 0 Å². The van der Waals surface area contributed by atoms with Crippen LogP contribution < -0.4 is 4.74 Å². The van der Waals surface area contributed by atoms with Crippen molar-refractivity contribution < 1.29 is 19.7 Å². The second kappa shape index (κ2) is 6.56. The third-order valence-corrected chi connectivity index (χ3v) is 2.92. The van der Waals surface area contributed by atoms with Crippen molar-refractivity contribution in [2.75, 3.05) is 13.7 Å². The van der Waals surface area contributed by atoms with Crippen molar-refractivity contribution in [3.05, 3.63) is 53.6 Å². The Hall–Kier alpha value is -2.82. The molecule has 0 aliphatic rings. The number of rotatable bonds is 5. The van der Waals surface area contributed by atoms with E-state index in [1.807, 2.05) is 0 Å². The second-order valence-corrected chi connectivity index (χ2v) is 4.30. The molecule has 0 amide bonds. The van der Waals surface area contributed by atoms with Crippen molar-refractivity contribution in [2.24, 2.45) is 4.99 Å². The van der Waals surface area contributed by atoms with Gasteiger partial charge in [0.15, 0.2) is 5.78 Å². The molecule has 0 heterocycles. The molecule has 2 N–H and O–H groups in total. The SMILES string of the molecule is COc1cccc(O)c1C=NCC(=O)c1ccccc1O. The van der Waals surface area contributed by atoms with Gasteiger partial charge in [0, 0.05) is 6.21 Å². The summed E-state index contributed by atoms with van der Waals surface area (Å²) < 4.78 is 5.11. The first kappa shape index (κ1) is 14.6. The highest BCUT2D eigenvalue weighted by molar-refractivity contribution is 6.01. The Kier molecular flexibility index (Phi) is 4.56. The zero-order chi connectivity index (χ0) is 15.2. The second-order valence-electron chi connectivity index (χ2n) is 4.30. The molecule has 0 unspecified atom stereocenters. The molecule has 108 valence electrons. The van der Waals surface area contributed by atoms with E-state index in [1.54, 1.807) is 24.3 Å². The van der Waals surface area contributed by atoms with E-state index in [4.69, 9.17) is 4.74 Å². The van der Waals surface area contributed by atoms with Crippen molar-refractivity contribution in [3.8, 4) is 17.2 Å². The molecule has 2 rings (SSSR count). The Morgan fingerprint density at radius 2 is 1.86 bits per heavy atom. The number of phenolic OH excluding ortho intramolecular Hbond substituents is 2. The van der Waals surface area contributed by atoms with Crippen LogP contribution in [-0.2, 0) is 0 Å². The Morgan fingerprint density at radius 3 is 2.57 bits per heavy atom. The maximum Gasteiger partial charge on any atom is 0.187 e. The zero-order valence-electron chi connectivity index (χ0n) is 11.5. The lowest BCUT2D eigenvalue weighted by Gasteiger charge is -2.05. The van der Waals surface area contributed by atoms with Gasteiger partial charge in [-0.1, -0.05) is 18.2 Å². The zero-order valence-corrected chi connectivity index (χ0v) is 11.5. The molecule has 5 nitrogen and oxygen atoms in total. The number of carbonyl (C=O) groups excluding carboxylic acids is 1. The van der Waals surface area contributed by atoms with Gasteiger partial charge >= 0.3 is 0 Å². The number of nitrogens with zero attached hydrogens (tertiary/aromatic N) is 1. The first-order valence-electron chi connectivity index (χ1n) is 6.30. The normalized spacial score (nSPS) is 10.7.